The van der Waals surface area contributed by atoms with E-state index in [4.69, 9.17) is 4.74 Å². The van der Waals surface area contributed by atoms with Gasteiger partial charge in [-0.2, -0.15) is 0 Å². The lowest BCUT2D eigenvalue weighted by Crippen LogP contribution is -2.02. The Hall–Kier alpha value is -2.80. The van der Waals surface area contributed by atoms with Gasteiger partial charge in [0.05, 0.1) is 7.11 Å². The van der Waals surface area contributed by atoms with E-state index < -0.39 is 0 Å². The van der Waals surface area contributed by atoms with Gasteiger partial charge < -0.3 is 4.74 Å². The molecule has 0 spiro atoms. The lowest BCUT2D eigenvalue weighted by molar-refractivity contribution is 0.414. The summed E-state index contributed by atoms with van der Waals surface area (Å²) in [6, 6.07) is 27.9. The highest BCUT2D eigenvalue weighted by Crippen LogP contribution is 2.32. The van der Waals surface area contributed by atoms with E-state index in [2.05, 4.69) is 98.8 Å². The van der Waals surface area contributed by atoms with E-state index in [0.717, 1.165) is 5.75 Å². The fraction of sp³-hybridized carbons (Fsp3) is 0.310. The highest BCUT2D eigenvalue weighted by atomic mass is 16.5. The summed E-state index contributed by atoms with van der Waals surface area (Å²) in [7, 11) is 1.71. The van der Waals surface area contributed by atoms with Crippen LogP contribution < -0.4 is 4.74 Å². The normalized spacial score (nSPS) is 15.6. The summed E-state index contributed by atoms with van der Waals surface area (Å²) in [5, 5.41) is 0. The fourth-order valence-corrected chi connectivity index (χ4v) is 3.93. The van der Waals surface area contributed by atoms with E-state index >= 15 is 0 Å². The van der Waals surface area contributed by atoms with Crippen LogP contribution in [-0.2, 0) is 6.42 Å². The summed E-state index contributed by atoms with van der Waals surface area (Å²) >= 11 is 0. The molecule has 0 N–H and O–H groups in total. The van der Waals surface area contributed by atoms with E-state index in [-0.39, 0.29) is 0 Å². The maximum atomic E-state index is 5.16. The predicted octanol–water partition coefficient (Wildman–Crippen LogP) is 8.22. The van der Waals surface area contributed by atoms with Crippen LogP contribution in [-0.4, -0.2) is 7.11 Å². The first-order chi connectivity index (χ1) is 14.7. The Morgan fingerprint density at radius 1 is 0.833 bits per heavy atom. The zero-order valence-corrected chi connectivity index (χ0v) is 18.6. The molecule has 0 fully saturated rings. The van der Waals surface area contributed by atoms with Crippen LogP contribution in [0.1, 0.15) is 56.6 Å². The Labute approximate surface area is 182 Å². The summed E-state index contributed by atoms with van der Waals surface area (Å²) in [5.74, 6) is 1.65. The van der Waals surface area contributed by atoms with Gasteiger partial charge in [-0.1, -0.05) is 91.7 Å². The zero-order chi connectivity index (χ0) is 21.2. The lowest BCUT2D eigenvalue weighted by Gasteiger charge is -2.20. The molecule has 0 amide bonds. The molecule has 0 saturated heterocycles. The molecule has 1 aliphatic carbocycles. The van der Waals surface area contributed by atoms with Gasteiger partial charge in [0.1, 0.15) is 5.75 Å². The maximum absolute atomic E-state index is 5.16. The van der Waals surface area contributed by atoms with Gasteiger partial charge in [-0.25, -0.2) is 0 Å². The standard InChI is InChI=1S/C15H16.C14H18O/c1-2-6-13-9-11-15(12-10-13)14-7-4-3-5-8-14;1-11-3-5-12(6-4-11)13-7-9-14(15-2)10-8-13/h3-5,7-12H,2,6H2,1H3;3,7-10,12H,4-6H2,1-2H3. The second-order valence-electron chi connectivity index (χ2n) is 8.11. The third-order valence-corrected chi connectivity index (χ3v) is 5.82. The molecule has 0 radical (unpaired) electrons. The largest absolute Gasteiger partial charge is 0.497 e. The van der Waals surface area contributed by atoms with Crippen LogP contribution in [0.5, 0.6) is 5.75 Å². The van der Waals surface area contributed by atoms with Crippen LogP contribution in [0.15, 0.2) is 90.5 Å². The minimum atomic E-state index is 0.708. The molecule has 0 saturated carbocycles. The zero-order valence-electron chi connectivity index (χ0n) is 18.6. The Morgan fingerprint density at radius 3 is 2.07 bits per heavy atom. The summed E-state index contributed by atoms with van der Waals surface area (Å²) in [5.41, 5.74) is 7.01. The van der Waals surface area contributed by atoms with Gasteiger partial charge in [-0.15, -0.1) is 0 Å². The van der Waals surface area contributed by atoms with Gasteiger partial charge in [-0.05, 0) is 72.9 Å². The monoisotopic (exact) mass is 398 g/mol. The van der Waals surface area contributed by atoms with Crippen LogP contribution in [0.4, 0.5) is 0 Å². The molecule has 0 aromatic heterocycles. The van der Waals surface area contributed by atoms with Crippen molar-refractivity contribution in [2.24, 2.45) is 0 Å². The molecule has 3 aromatic rings. The fourth-order valence-electron chi connectivity index (χ4n) is 3.93. The van der Waals surface area contributed by atoms with Gasteiger partial charge in [0, 0.05) is 0 Å². The second-order valence-corrected chi connectivity index (χ2v) is 8.11. The molecule has 1 unspecified atom stereocenters. The minimum absolute atomic E-state index is 0.708. The van der Waals surface area contributed by atoms with Gasteiger partial charge in [0.25, 0.3) is 0 Å². The van der Waals surface area contributed by atoms with E-state index in [1.54, 1.807) is 12.7 Å². The number of benzene rings is 3. The molecule has 0 bridgehead atoms. The molecule has 30 heavy (non-hydrogen) atoms. The average molecular weight is 399 g/mol. The Kier molecular flexibility index (Phi) is 8.32. The molecule has 3 aromatic carbocycles. The van der Waals surface area contributed by atoms with Crippen molar-refractivity contribution in [2.75, 3.05) is 7.11 Å². The second kappa shape index (κ2) is 11.4. The predicted molar refractivity (Wildman–Crippen MR) is 129 cm³/mol. The molecule has 1 atom stereocenters. The number of hydrogen-bond acceptors (Lipinski definition) is 1. The number of methoxy groups -OCH3 is 1. The molecular weight excluding hydrogens is 364 g/mol. The Bertz CT molecular complexity index is 905. The van der Waals surface area contributed by atoms with Crippen molar-refractivity contribution in [1.29, 1.82) is 0 Å². The van der Waals surface area contributed by atoms with Crippen molar-refractivity contribution < 1.29 is 4.74 Å². The van der Waals surface area contributed by atoms with Crippen molar-refractivity contribution in [3.63, 3.8) is 0 Å². The number of aryl methyl sites for hydroxylation is 1. The smallest absolute Gasteiger partial charge is 0.118 e. The molecule has 156 valence electrons. The van der Waals surface area contributed by atoms with Crippen LogP contribution in [0.25, 0.3) is 11.1 Å². The molecule has 0 aliphatic heterocycles. The van der Waals surface area contributed by atoms with Crippen LogP contribution in [0.2, 0.25) is 0 Å². The molecule has 1 nitrogen and oxygen atoms in total. The topological polar surface area (TPSA) is 9.23 Å². The van der Waals surface area contributed by atoms with Crippen molar-refractivity contribution in [3.8, 4) is 16.9 Å². The Morgan fingerprint density at radius 2 is 1.50 bits per heavy atom. The van der Waals surface area contributed by atoms with E-state index in [0.29, 0.717) is 5.92 Å². The summed E-state index contributed by atoms with van der Waals surface area (Å²) < 4.78 is 5.16. The van der Waals surface area contributed by atoms with Crippen LogP contribution in [0.3, 0.4) is 0 Å². The van der Waals surface area contributed by atoms with Gasteiger partial charge in [-0.3, -0.25) is 0 Å². The van der Waals surface area contributed by atoms with Gasteiger partial charge in [0.2, 0.25) is 0 Å². The summed E-state index contributed by atoms with van der Waals surface area (Å²) in [4.78, 5) is 0. The van der Waals surface area contributed by atoms with E-state index in [9.17, 15) is 0 Å². The summed E-state index contributed by atoms with van der Waals surface area (Å²) in [6.45, 7) is 4.44. The third-order valence-electron chi connectivity index (χ3n) is 5.82. The maximum Gasteiger partial charge on any atom is 0.118 e. The lowest BCUT2D eigenvalue weighted by atomic mass is 9.85. The van der Waals surface area contributed by atoms with Gasteiger partial charge >= 0.3 is 0 Å². The van der Waals surface area contributed by atoms with Crippen molar-refractivity contribution in [1.82, 2.24) is 0 Å². The van der Waals surface area contributed by atoms with E-state index in [1.165, 1.54) is 54.4 Å². The molecule has 1 aliphatic rings. The molecule has 0 heterocycles. The highest BCUT2D eigenvalue weighted by Gasteiger charge is 2.14. The number of allylic oxidation sites excluding steroid dienone is 2. The number of ether oxygens (including phenoxy) is 1. The average Bonchev–Trinajstić information content (AvgIpc) is 2.81. The summed E-state index contributed by atoms with van der Waals surface area (Å²) in [6.07, 6.45) is 8.49. The third kappa shape index (κ3) is 6.35. The molecule has 4 rings (SSSR count). The minimum Gasteiger partial charge on any atom is -0.497 e. The molecule has 1 heteroatoms. The van der Waals surface area contributed by atoms with Crippen molar-refractivity contribution in [2.45, 2.75) is 51.9 Å². The SMILES string of the molecule is CCCc1ccc(-c2ccccc2)cc1.COc1ccc(C2CC=C(C)CC2)cc1. The van der Waals surface area contributed by atoms with Crippen LogP contribution in [0, 0.1) is 0 Å². The van der Waals surface area contributed by atoms with E-state index in [1.807, 2.05) is 0 Å². The first-order valence-electron chi connectivity index (χ1n) is 11.1. The first-order valence-corrected chi connectivity index (χ1v) is 11.1. The molecular formula is C29H34O. The highest BCUT2D eigenvalue weighted by molar-refractivity contribution is 5.63. The quantitative estimate of drug-likeness (QED) is 0.393. The van der Waals surface area contributed by atoms with Crippen molar-refractivity contribution >= 4 is 0 Å². The number of rotatable bonds is 5. The number of hydrogen-bond donors (Lipinski definition) is 0. The van der Waals surface area contributed by atoms with Gasteiger partial charge in [0.15, 0.2) is 0 Å². The first kappa shape index (κ1) is 21.9. The Balaban J connectivity index is 0.000000171. The van der Waals surface area contributed by atoms with Crippen molar-refractivity contribution in [3.05, 3.63) is 102 Å². The van der Waals surface area contributed by atoms with Crippen LogP contribution >= 0.6 is 0 Å².